The fourth-order valence-corrected chi connectivity index (χ4v) is 1.47. The molecular weight excluding hydrogens is 178 g/mol. The number of benzene rings is 1. The molecular formula is C11H11NO2. The molecule has 2 aromatic rings. The summed E-state index contributed by atoms with van der Waals surface area (Å²) < 4.78 is 5.24. The van der Waals surface area contributed by atoms with Crippen molar-refractivity contribution in [3.63, 3.8) is 0 Å². The van der Waals surface area contributed by atoms with E-state index in [-0.39, 0.29) is 5.91 Å². The van der Waals surface area contributed by atoms with Crippen LogP contribution in [-0.2, 0) is 11.2 Å². The Morgan fingerprint density at radius 3 is 3.07 bits per heavy atom. The lowest BCUT2D eigenvalue weighted by Gasteiger charge is -2.00. The first-order chi connectivity index (χ1) is 6.81. The van der Waals surface area contributed by atoms with Gasteiger partial charge in [0.1, 0.15) is 5.58 Å². The summed E-state index contributed by atoms with van der Waals surface area (Å²) in [4.78, 5) is 11.2. The third kappa shape index (κ3) is 1.48. The average Bonchev–Trinajstić information content (AvgIpc) is 2.66. The summed E-state index contributed by atoms with van der Waals surface area (Å²) >= 11 is 0. The summed E-state index contributed by atoms with van der Waals surface area (Å²) in [5, 5.41) is 3.61. The van der Waals surface area contributed by atoms with Gasteiger partial charge in [0.25, 0.3) is 0 Å². The van der Waals surface area contributed by atoms with Crippen molar-refractivity contribution < 1.29 is 9.21 Å². The second-order valence-electron chi connectivity index (χ2n) is 3.10. The Morgan fingerprint density at radius 2 is 2.29 bits per heavy atom. The minimum Gasteiger partial charge on any atom is -0.464 e. The number of likely N-dealkylation sites (N-methyl/N-ethyl adjacent to an activating group) is 1. The fourth-order valence-electron chi connectivity index (χ4n) is 1.47. The zero-order valence-electron chi connectivity index (χ0n) is 7.91. The molecule has 1 aromatic heterocycles. The zero-order valence-corrected chi connectivity index (χ0v) is 7.91. The summed E-state index contributed by atoms with van der Waals surface area (Å²) in [6, 6.07) is 7.60. The Morgan fingerprint density at radius 1 is 1.43 bits per heavy atom. The standard InChI is InChI=1S/C11H11NO2/c1-12-11(13)7-8-3-2-4-10-9(8)5-6-14-10/h2-6H,7H2,1H3,(H,12,13). The SMILES string of the molecule is CNC(=O)Cc1cccc2occc12. The van der Waals surface area contributed by atoms with Gasteiger partial charge >= 0.3 is 0 Å². The van der Waals surface area contributed by atoms with Gasteiger partial charge in [0.2, 0.25) is 5.91 Å². The van der Waals surface area contributed by atoms with E-state index in [1.54, 1.807) is 13.3 Å². The summed E-state index contributed by atoms with van der Waals surface area (Å²) in [6.07, 6.45) is 2.03. The molecule has 1 N–H and O–H groups in total. The molecule has 0 radical (unpaired) electrons. The molecule has 0 unspecified atom stereocenters. The lowest BCUT2D eigenvalue weighted by Crippen LogP contribution is -2.19. The third-order valence-corrected chi connectivity index (χ3v) is 2.22. The second-order valence-corrected chi connectivity index (χ2v) is 3.10. The highest BCUT2D eigenvalue weighted by atomic mass is 16.3. The van der Waals surface area contributed by atoms with E-state index < -0.39 is 0 Å². The van der Waals surface area contributed by atoms with Crippen LogP contribution < -0.4 is 5.32 Å². The van der Waals surface area contributed by atoms with Crippen molar-refractivity contribution in [1.29, 1.82) is 0 Å². The molecule has 0 saturated carbocycles. The van der Waals surface area contributed by atoms with Gasteiger partial charge < -0.3 is 9.73 Å². The molecule has 14 heavy (non-hydrogen) atoms. The van der Waals surface area contributed by atoms with E-state index in [0.29, 0.717) is 6.42 Å². The molecule has 1 amide bonds. The van der Waals surface area contributed by atoms with Crippen molar-refractivity contribution in [1.82, 2.24) is 5.32 Å². The van der Waals surface area contributed by atoms with Gasteiger partial charge in [-0.25, -0.2) is 0 Å². The number of hydrogen-bond acceptors (Lipinski definition) is 2. The Hall–Kier alpha value is -1.77. The van der Waals surface area contributed by atoms with E-state index in [1.807, 2.05) is 24.3 Å². The summed E-state index contributed by atoms with van der Waals surface area (Å²) in [5.41, 5.74) is 1.82. The molecule has 0 aliphatic carbocycles. The molecule has 0 aliphatic rings. The number of carbonyl (C=O) groups is 1. The van der Waals surface area contributed by atoms with Gasteiger partial charge in [-0.05, 0) is 17.7 Å². The lowest BCUT2D eigenvalue weighted by atomic mass is 10.1. The van der Waals surface area contributed by atoms with Crippen molar-refractivity contribution in [2.75, 3.05) is 7.05 Å². The number of carbonyl (C=O) groups excluding carboxylic acids is 1. The molecule has 1 aromatic carbocycles. The van der Waals surface area contributed by atoms with Crippen LogP contribution in [0.3, 0.4) is 0 Å². The Balaban J connectivity index is 2.41. The van der Waals surface area contributed by atoms with Crippen molar-refractivity contribution in [3.05, 3.63) is 36.1 Å². The second kappa shape index (κ2) is 3.54. The van der Waals surface area contributed by atoms with Crippen LogP contribution >= 0.6 is 0 Å². The van der Waals surface area contributed by atoms with Crippen molar-refractivity contribution in [3.8, 4) is 0 Å². The molecule has 2 rings (SSSR count). The van der Waals surface area contributed by atoms with Gasteiger partial charge in [-0.15, -0.1) is 0 Å². The van der Waals surface area contributed by atoms with Crippen LogP contribution in [0.2, 0.25) is 0 Å². The quantitative estimate of drug-likeness (QED) is 0.781. The number of nitrogens with one attached hydrogen (secondary N) is 1. The molecule has 0 atom stereocenters. The van der Waals surface area contributed by atoms with E-state index in [4.69, 9.17) is 4.42 Å². The van der Waals surface area contributed by atoms with E-state index >= 15 is 0 Å². The predicted molar refractivity (Wildman–Crippen MR) is 54.0 cm³/mol. The first kappa shape index (κ1) is 8.81. The highest BCUT2D eigenvalue weighted by Gasteiger charge is 2.06. The normalized spacial score (nSPS) is 10.4. The van der Waals surface area contributed by atoms with E-state index in [0.717, 1.165) is 16.5 Å². The molecule has 0 fully saturated rings. The van der Waals surface area contributed by atoms with Crippen molar-refractivity contribution in [2.45, 2.75) is 6.42 Å². The first-order valence-electron chi connectivity index (χ1n) is 4.47. The summed E-state index contributed by atoms with van der Waals surface area (Å²) in [5.74, 6) is 0.0127. The molecule has 3 heteroatoms. The maximum Gasteiger partial charge on any atom is 0.224 e. The van der Waals surface area contributed by atoms with E-state index in [1.165, 1.54) is 0 Å². The molecule has 0 aliphatic heterocycles. The summed E-state index contributed by atoms with van der Waals surface area (Å²) in [7, 11) is 1.64. The fraction of sp³-hybridized carbons (Fsp3) is 0.182. The highest BCUT2D eigenvalue weighted by Crippen LogP contribution is 2.19. The monoisotopic (exact) mass is 189 g/mol. The van der Waals surface area contributed by atoms with Gasteiger partial charge in [0, 0.05) is 12.4 Å². The summed E-state index contributed by atoms with van der Waals surface area (Å²) in [6.45, 7) is 0. The van der Waals surface area contributed by atoms with Crippen LogP contribution in [0.1, 0.15) is 5.56 Å². The number of rotatable bonds is 2. The van der Waals surface area contributed by atoms with Crippen LogP contribution in [-0.4, -0.2) is 13.0 Å². The van der Waals surface area contributed by atoms with Gasteiger partial charge in [0.15, 0.2) is 0 Å². The Bertz CT molecular complexity index is 459. The largest absolute Gasteiger partial charge is 0.464 e. The molecule has 0 spiro atoms. The topological polar surface area (TPSA) is 42.2 Å². The Labute approximate surface area is 81.7 Å². The molecule has 0 bridgehead atoms. The van der Waals surface area contributed by atoms with Gasteiger partial charge in [-0.2, -0.15) is 0 Å². The van der Waals surface area contributed by atoms with Gasteiger partial charge in [-0.3, -0.25) is 4.79 Å². The highest BCUT2D eigenvalue weighted by molar-refractivity contribution is 5.87. The maximum absolute atomic E-state index is 11.2. The molecule has 0 saturated heterocycles. The van der Waals surface area contributed by atoms with Crippen LogP contribution in [0.4, 0.5) is 0 Å². The van der Waals surface area contributed by atoms with E-state index in [9.17, 15) is 4.79 Å². The number of amides is 1. The smallest absolute Gasteiger partial charge is 0.224 e. The number of hydrogen-bond donors (Lipinski definition) is 1. The van der Waals surface area contributed by atoms with E-state index in [2.05, 4.69) is 5.32 Å². The third-order valence-electron chi connectivity index (χ3n) is 2.22. The number of furan rings is 1. The molecule has 1 heterocycles. The minimum absolute atomic E-state index is 0.0127. The Kier molecular flexibility index (Phi) is 2.23. The molecule has 72 valence electrons. The lowest BCUT2D eigenvalue weighted by molar-refractivity contribution is -0.119. The number of fused-ring (bicyclic) bond motifs is 1. The average molecular weight is 189 g/mol. The van der Waals surface area contributed by atoms with Crippen LogP contribution in [0, 0.1) is 0 Å². The predicted octanol–water partition coefficient (Wildman–Crippen LogP) is 1.72. The van der Waals surface area contributed by atoms with Gasteiger partial charge in [0.05, 0.1) is 12.7 Å². The molecule has 3 nitrogen and oxygen atoms in total. The van der Waals surface area contributed by atoms with Crippen molar-refractivity contribution >= 4 is 16.9 Å². The minimum atomic E-state index is 0.0127. The van der Waals surface area contributed by atoms with Gasteiger partial charge in [-0.1, -0.05) is 12.1 Å². The first-order valence-corrected chi connectivity index (χ1v) is 4.47. The maximum atomic E-state index is 11.2. The van der Waals surface area contributed by atoms with Crippen molar-refractivity contribution in [2.24, 2.45) is 0 Å². The van der Waals surface area contributed by atoms with Crippen LogP contribution in [0.5, 0.6) is 0 Å². The van der Waals surface area contributed by atoms with Crippen LogP contribution in [0.25, 0.3) is 11.0 Å². The zero-order chi connectivity index (χ0) is 9.97. The van der Waals surface area contributed by atoms with Crippen LogP contribution in [0.15, 0.2) is 34.9 Å².